The number of carboxylic acids is 1. The molecule has 1 saturated heterocycles. The van der Waals surface area contributed by atoms with Crippen molar-refractivity contribution in [3.63, 3.8) is 0 Å². The minimum Gasteiger partial charge on any atom is -0.481 e. The van der Waals surface area contributed by atoms with E-state index in [1.165, 1.54) is 24.0 Å². The second kappa shape index (κ2) is 7.52. The van der Waals surface area contributed by atoms with E-state index in [0.29, 0.717) is 0 Å². The minimum absolute atomic E-state index is 0.00691. The average molecular weight is 387 g/mol. The lowest BCUT2D eigenvalue weighted by atomic mass is 9.89. The van der Waals surface area contributed by atoms with E-state index in [4.69, 9.17) is 0 Å². The highest BCUT2D eigenvalue weighted by Gasteiger charge is 2.41. The van der Waals surface area contributed by atoms with Crippen LogP contribution in [-0.2, 0) is 14.6 Å². The second-order valence-corrected chi connectivity index (χ2v) is 8.82. The first kappa shape index (κ1) is 19.1. The van der Waals surface area contributed by atoms with E-state index < -0.39 is 27.6 Å². The van der Waals surface area contributed by atoms with Gasteiger partial charge >= 0.3 is 5.97 Å². The van der Waals surface area contributed by atoms with Crippen LogP contribution in [-0.4, -0.2) is 49.1 Å². The van der Waals surface area contributed by atoms with E-state index in [1.807, 2.05) is 30.3 Å². The lowest BCUT2D eigenvalue weighted by molar-refractivity contribution is -0.141. The number of rotatable bonds is 5. The summed E-state index contributed by atoms with van der Waals surface area (Å²) in [4.78, 5) is 26.2. The Labute approximate surface area is 158 Å². The standard InChI is InChI=1S/C20H21NO5S/c1-2-27(25,26)18-11-7-6-10-15(18)19(22)21-12-16(17(13-21)20(23)24)14-8-4-3-5-9-14/h3-11,16-17H,2,12-13H2,1H3,(H,23,24)/t16-,17-/m0/s1. The third-order valence-electron chi connectivity index (χ3n) is 4.98. The number of carboxylic acid groups (broad SMARTS) is 1. The van der Waals surface area contributed by atoms with Crippen LogP contribution in [0.3, 0.4) is 0 Å². The fourth-order valence-corrected chi connectivity index (χ4v) is 4.59. The molecule has 0 aliphatic carbocycles. The molecule has 6 nitrogen and oxygen atoms in total. The zero-order chi connectivity index (χ0) is 19.6. The number of hydrogen-bond donors (Lipinski definition) is 1. The van der Waals surface area contributed by atoms with Gasteiger partial charge in [0, 0.05) is 19.0 Å². The molecule has 0 radical (unpaired) electrons. The van der Waals surface area contributed by atoms with E-state index in [2.05, 4.69) is 0 Å². The molecule has 1 amide bonds. The molecule has 2 aromatic rings. The van der Waals surface area contributed by atoms with Crippen LogP contribution >= 0.6 is 0 Å². The Morgan fingerprint density at radius 2 is 1.67 bits per heavy atom. The monoisotopic (exact) mass is 387 g/mol. The highest BCUT2D eigenvalue weighted by Crippen LogP contribution is 2.34. The Bertz CT molecular complexity index is 955. The first-order valence-electron chi connectivity index (χ1n) is 8.74. The van der Waals surface area contributed by atoms with Gasteiger partial charge in [0.1, 0.15) is 0 Å². The molecule has 1 fully saturated rings. The number of carbonyl (C=O) groups is 2. The molecule has 1 heterocycles. The van der Waals surface area contributed by atoms with Gasteiger partial charge in [0.15, 0.2) is 9.84 Å². The number of amides is 1. The van der Waals surface area contributed by atoms with Crippen LogP contribution in [0.2, 0.25) is 0 Å². The molecular formula is C20H21NO5S. The Kier molecular flexibility index (Phi) is 5.32. The molecule has 2 atom stereocenters. The Balaban J connectivity index is 1.94. The quantitative estimate of drug-likeness (QED) is 0.851. The van der Waals surface area contributed by atoms with Crippen molar-refractivity contribution < 1.29 is 23.1 Å². The SMILES string of the molecule is CCS(=O)(=O)c1ccccc1C(=O)N1C[C@H](C(=O)O)[C@H](c2ccccc2)C1. The predicted molar refractivity (Wildman–Crippen MR) is 100 cm³/mol. The van der Waals surface area contributed by atoms with Gasteiger partial charge < -0.3 is 10.0 Å². The average Bonchev–Trinajstić information content (AvgIpc) is 3.14. The van der Waals surface area contributed by atoms with Crippen LogP contribution in [0.15, 0.2) is 59.5 Å². The molecule has 7 heteroatoms. The number of carbonyl (C=O) groups excluding carboxylic acids is 1. The van der Waals surface area contributed by atoms with Gasteiger partial charge in [-0.2, -0.15) is 0 Å². The van der Waals surface area contributed by atoms with Crippen molar-refractivity contribution in [1.29, 1.82) is 0 Å². The zero-order valence-electron chi connectivity index (χ0n) is 14.9. The smallest absolute Gasteiger partial charge is 0.308 e. The van der Waals surface area contributed by atoms with Crippen LogP contribution in [0.1, 0.15) is 28.8 Å². The lowest BCUT2D eigenvalue weighted by Crippen LogP contribution is -2.31. The molecule has 1 aliphatic rings. The Morgan fingerprint density at radius 3 is 2.30 bits per heavy atom. The summed E-state index contributed by atoms with van der Waals surface area (Å²) in [6.07, 6.45) is 0. The Hall–Kier alpha value is -2.67. The highest BCUT2D eigenvalue weighted by molar-refractivity contribution is 7.91. The summed E-state index contributed by atoms with van der Waals surface area (Å²) in [5.41, 5.74) is 0.951. The van der Waals surface area contributed by atoms with Crippen LogP contribution in [0.25, 0.3) is 0 Å². The molecule has 3 rings (SSSR count). The van der Waals surface area contributed by atoms with Crippen molar-refractivity contribution in [1.82, 2.24) is 4.90 Å². The minimum atomic E-state index is -3.56. The number of likely N-dealkylation sites (tertiary alicyclic amines) is 1. The maximum absolute atomic E-state index is 13.0. The molecule has 0 unspecified atom stereocenters. The maximum atomic E-state index is 13.0. The summed E-state index contributed by atoms with van der Waals surface area (Å²) in [6, 6.07) is 15.3. The van der Waals surface area contributed by atoms with Crippen LogP contribution in [0, 0.1) is 5.92 Å². The van der Waals surface area contributed by atoms with Crippen LogP contribution in [0.5, 0.6) is 0 Å². The summed E-state index contributed by atoms with van der Waals surface area (Å²) < 4.78 is 24.7. The molecule has 27 heavy (non-hydrogen) atoms. The highest BCUT2D eigenvalue weighted by atomic mass is 32.2. The summed E-state index contributed by atoms with van der Waals surface area (Å²) in [5.74, 6) is -2.59. The van der Waals surface area contributed by atoms with Crippen molar-refractivity contribution in [2.45, 2.75) is 17.7 Å². The van der Waals surface area contributed by atoms with Gasteiger partial charge in [-0.25, -0.2) is 8.42 Å². The van der Waals surface area contributed by atoms with Crippen LogP contribution < -0.4 is 0 Å². The summed E-state index contributed by atoms with van der Waals surface area (Å²) in [7, 11) is -3.56. The largest absolute Gasteiger partial charge is 0.481 e. The van der Waals surface area contributed by atoms with Crippen molar-refractivity contribution in [3.05, 3.63) is 65.7 Å². The molecule has 142 valence electrons. The Morgan fingerprint density at radius 1 is 1.04 bits per heavy atom. The third-order valence-corrected chi connectivity index (χ3v) is 6.77. The molecule has 0 bridgehead atoms. The summed E-state index contributed by atoms with van der Waals surface area (Å²) in [6.45, 7) is 1.81. The fraction of sp³-hybridized carbons (Fsp3) is 0.300. The number of sulfone groups is 1. The first-order valence-corrected chi connectivity index (χ1v) is 10.4. The van der Waals surface area contributed by atoms with Gasteiger partial charge in [-0.05, 0) is 17.7 Å². The molecule has 0 saturated carbocycles. The second-order valence-electron chi connectivity index (χ2n) is 6.57. The molecule has 1 N–H and O–H groups in total. The molecule has 0 spiro atoms. The number of aliphatic carboxylic acids is 1. The zero-order valence-corrected chi connectivity index (χ0v) is 15.7. The summed E-state index contributed by atoms with van der Waals surface area (Å²) in [5, 5.41) is 9.60. The normalized spacial score (nSPS) is 19.8. The van der Waals surface area contributed by atoms with E-state index in [9.17, 15) is 23.1 Å². The van der Waals surface area contributed by atoms with Gasteiger partial charge in [0.2, 0.25) is 0 Å². The molecule has 2 aromatic carbocycles. The first-order chi connectivity index (χ1) is 12.8. The maximum Gasteiger partial charge on any atom is 0.308 e. The molecular weight excluding hydrogens is 366 g/mol. The van der Waals surface area contributed by atoms with Crippen molar-refractivity contribution in [2.24, 2.45) is 5.92 Å². The topological polar surface area (TPSA) is 91.8 Å². The van der Waals surface area contributed by atoms with Crippen molar-refractivity contribution >= 4 is 21.7 Å². The van der Waals surface area contributed by atoms with E-state index in [-0.39, 0.29) is 35.2 Å². The third kappa shape index (κ3) is 3.73. The van der Waals surface area contributed by atoms with E-state index >= 15 is 0 Å². The van der Waals surface area contributed by atoms with Gasteiger partial charge in [0.05, 0.1) is 22.1 Å². The number of nitrogens with zero attached hydrogens (tertiary/aromatic N) is 1. The molecule has 1 aliphatic heterocycles. The van der Waals surface area contributed by atoms with Gasteiger partial charge in [-0.1, -0.05) is 49.4 Å². The molecule has 0 aromatic heterocycles. The van der Waals surface area contributed by atoms with Crippen LogP contribution in [0.4, 0.5) is 0 Å². The van der Waals surface area contributed by atoms with Gasteiger partial charge in [0.25, 0.3) is 5.91 Å². The number of hydrogen-bond acceptors (Lipinski definition) is 4. The number of benzene rings is 2. The van der Waals surface area contributed by atoms with E-state index in [1.54, 1.807) is 12.1 Å². The van der Waals surface area contributed by atoms with Gasteiger partial charge in [-0.15, -0.1) is 0 Å². The fourth-order valence-electron chi connectivity index (χ4n) is 3.50. The lowest BCUT2D eigenvalue weighted by Gasteiger charge is -2.18. The summed E-state index contributed by atoms with van der Waals surface area (Å²) >= 11 is 0. The van der Waals surface area contributed by atoms with Crippen molar-refractivity contribution in [3.8, 4) is 0 Å². The predicted octanol–water partition coefficient (Wildman–Crippen LogP) is 2.42. The van der Waals surface area contributed by atoms with Crippen molar-refractivity contribution in [2.75, 3.05) is 18.8 Å². The van der Waals surface area contributed by atoms with E-state index in [0.717, 1.165) is 5.56 Å². The van der Waals surface area contributed by atoms with Gasteiger partial charge in [-0.3, -0.25) is 9.59 Å².